The number of rotatable bonds is 5. The summed E-state index contributed by atoms with van der Waals surface area (Å²) in [7, 11) is 2.07. The molecule has 1 aromatic carbocycles. The van der Waals surface area contributed by atoms with Gasteiger partial charge in [0.1, 0.15) is 5.82 Å². The predicted octanol–water partition coefficient (Wildman–Crippen LogP) is 3.39. The van der Waals surface area contributed by atoms with Gasteiger partial charge in [0, 0.05) is 36.0 Å². The van der Waals surface area contributed by atoms with Crippen LogP contribution in [0.3, 0.4) is 0 Å². The zero-order chi connectivity index (χ0) is 19.6. The van der Waals surface area contributed by atoms with Crippen LogP contribution in [0.4, 0.5) is 5.69 Å². The lowest BCUT2D eigenvalue weighted by Gasteiger charge is -2.30. The number of hydrogen-bond donors (Lipinski definition) is 0. The Morgan fingerprint density at radius 2 is 1.93 bits per heavy atom. The van der Waals surface area contributed by atoms with Crippen molar-refractivity contribution in [1.82, 2.24) is 14.9 Å². The summed E-state index contributed by atoms with van der Waals surface area (Å²) in [5, 5.41) is 0. The molecule has 0 saturated heterocycles. The van der Waals surface area contributed by atoms with Crippen molar-refractivity contribution in [2.24, 2.45) is 11.8 Å². The van der Waals surface area contributed by atoms with Crippen molar-refractivity contribution in [3.8, 4) is 0 Å². The summed E-state index contributed by atoms with van der Waals surface area (Å²) < 4.78 is 0. The first-order valence-corrected chi connectivity index (χ1v) is 9.74. The fraction of sp³-hybridized carbons (Fsp3) is 0.500. The lowest BCUT2D eigenvalue weighted by Crippen LogP contribution is -2.43. The van der Waals surface area contributed by atoms with E-state index in [-0.39, 0.29) is 11.8 Å². The zero-order valence-electron chi connectivity index (χ0n) is 17.1. The standard InChI is InChI=1S/C22H30N4O/c1-15-12-19-8-6-7-9-21(19)26(22(27)17(15)3)14-25(5)11-10-20-13-16(2)23-18(4)24-20/h6-9,13,15,17H,10-12,14H2,1-5H3. The van der Waals surface area contributed by atoms with Crippen molar-refractivity contribution in [3.05, 3.63) is 53.1 Å². The van der Waals surface area contributed by atoms with Gasteiger partial charge in [0.05, 0.1) is 6.67 Å². The van der Waals surface area contributed by atoms with Gasteiger partial charge < -0.3 is 0 Å². The van der Waals surface area contributed by atoms with E-state index in [1.807, 2.05) is 30.9 Å². The van der Waals surface area contributed by atoms with Crippen molar-refractivity contribution in [2.45, 2.75) is 40.5 Å². The first kappa shape index (κ1) is 19.5. The maximum atomic E-state index is 13.1. The number of carbonyl (C=O) groups excluding carboxylic acids is 1. The normalized spacial score (nSPS) is 19.9. The van der Waals surface area contributed by atoms with E-state index in [0.29, 0.717) is 12.6 Å². The minimum absolute atomic E-state index is 0.0259. The highest BCUT2D eigenvalue weighted by Gasteiger charge is 2.32. The van der Waals surface area contributed by atoms with Gasteiger partial charge in [-0.1, -0.05) is 32.0 Å². The van der Waals surface area contributed by atoms with Crippen LogP contribution >= 0.6 is 0 Å². The number of hydrogen-bond acceptors (Lipinski definition) is 4. The first-order chi connectivity index (χ1) is 12.8. The SMILES string of the molecule is Cc1cc(CCN(C)CN2C(=O)C(C)C(C)Cc3ccccc32)nc(C)n1. The van der Waals surface area contributed by atoms with E-state index in [4.69, 9.17) is 0 Å². The van der Waals surface area contributed by atoms with Crippen LogP contribution in [0.25, 0.3) is 0 Å². The number of aromatic nitrogens is 2. The number of anilines is 1. The van der Waals surface area contributed by atoms with Crippen LogP contribution in [0.5, 0.6) is 0 Å². The molecular weight excluding hydrogens is 336 g/mol. The third-order valence-corrected chi connectivity index (χ3v) is 5.48. The third kappa shape index (κ3) is 4.53. The van der Waals surface area contributed by atoms with Gasteiger partial charge in [-0.25, -0.2) is 9.97 Å². The molecule has 1 aliphatic heterocycles. The van der Waals surface area contributed by atoms with Gasteiger partial charge in [-0.05, 0) is 50.9 Å². The molecule has 0 spiro atoms. The smallest absolute Gasteiger partial charge is 0.231 e. The van der Waals surface area contributed by atoms with E-state index in [1.165, 1.54) is 5.56 Å². The number of benzene rings is 1. The van der Waals surface area contributed by atoms with E-state index >= 15 is 0 Å². The third-order valence-electron chi connectivity index (χ3n) is 5.48. The molecule has 0 fully saturated rings. The molecule has 2 atom stereocenters. The number of para-hydroxylation sites is 1. The average Bonchev–Trinajstić information content (AvgIpc) is 2.70. The molecule has 5 heteroatoms. The fourth-order valence-corrected chi connectivity index (χ4v) is 3.76. The second-order valence-corrected chi connectivity index (χ2v) is 7.88. The molecule has 1 amide bonds. The number of nitrogens with zero attached hydrogens (tertiary/aromatic N) is 4. The average molecular weight is 367 g/mol. The molecule has 144 valence electrons. The van der Waals surface area contributed by atoms with Crippen molar-refractivity contribution in [3.63, 3.8) is 0 Å². The quantitative estimate of drug-likeness (QED) is 0.814. The summed E-state index contributed by atoms with van der Waals surface area (Å²) >= 11 is 0. The van der Waals surface area contributed by atoms with Gasteiger partial charge in [0.2, 0.25) is 5.91 Å². The Hall–Kier alpha value is -2.27. The van der Waals surface area contributed by atoms with Gasteiger partial charge >= 0.3 is 0 Å². The Bertz CT molecular complexity index is 799. The van der Waals surface area contributed by atoms with Crippen molar-refractivity contribution in [1.29, 1.82) is 0 Å². The van der Waals surface area contributed by atoms with Gasteiger partial charge in [-0.3, -0.25) is 14.6 Å². The lowest BCUT2D eigenvalue weighted by molar-refractivity contribution is -0.123. The zero-order valence-corrected chi connectivity index (χ0v) is 17.1. The minimum Gasteiger partial charge on any atom is -0.298 e. The summed E-state index contributed by atoms with van der Waals surface area (Å²) in [6.45, 7) is 9.58. The molecule has 2 heterocycles. The second-order valence-electron chi connectivity index (χ2n) is 7.88. The molecule has 0 aliphatic carbocycles. The minimum atomic E-state index is 0.0259. The number of aryl methyl sites for hydroxylation is 2. The summed E-state index contributed by atoms with van der Waals surface area (Å²) in [6, 6.07) is 10.3. The Labute approximate surface area is 162 Å². The van der Waals surface area contributed by atoms with Gasteiger partial charge in [-0.2, -0.15) is 0 Å². The Kier molecular flexibility index (Phi) is 5.90. The second kappa shape index (κ2) is 8.17. The van der Waals surface area contributed by atoms with E-state index in [1.54, 1.807) is 0 Å². The highest BCUT2D eigenvalue weighted by Crippen LogP contribution is 2.32. The first-order valence-electron chi connectivity index (χ1n) is 9.74. The lowest BCUT2D eigenvalue weighted by atomic mass is 9.90. The number of fused-ring (bicyclic) bond motifs is 1. The molecule has 1 aromatic heterocycles. The van der Waals surface area contributed by atoms with Gasteiger partial charge in [0.15, 0.2) is 0 Å². The molecular formula is C22H30N4O. The maximum Gasteiger partial charge on any atom is 0.231 e. The van der Waals surface area contributed by atoms with Crippen LogP contribution in [0, 0.1) is 25.7 Å². The molecule has 27 heavy (non-hydrogen) atoms. The molecule has 1 aliphatic rings. The van der Waals surface area contributed by atoms with Crippen LogP contribution in [-0.2, 0) is 17.6 Å². The largest absolute Gasteiger partial charge is 0.298 e. The summed E-state index contributed by atoms with van der Waals surface area (Å²) in [5.41, 5.74) is 4.37. The molecule has 0 radical (unpaired) electrons. The Balaban J connectivity index is 1.73. The van der Waals surface area contributed by atoms with Crippen LogP contribution in [0.2, 0.25) is 0 Å². The van der Waals surface area contributed by atoms with E-state index < -0.39 is 0 Å². The van der Waals surface area contributed by atoms with E-state index in [9.17, 15) is 4.79 Å². The number of amides is 1. The number of likely N-dealkylation sites (N-methyl/N-ethyl adjacent to an activating group) is 1. The van der Waals surface area contributed by atoms with Gasteiger partial charge in [0.25, 0.3) is 0 Å². The van der Waals surface area contributed by atoms with Crippen LogP contribution in [0.15, 0.2) is 30.3 Å². The molecule has 3 rings (SSSR count). The maximum absolute atomic E-state index is 13.1. The summed E-state index contributed by atoms with van der Waals surface area (Å²) in [5.74, 6) is 1.40. The fourth-order valence-electron chi connectivity index (χ4n) is 3.76. The van der Waals surface area contributed by atoms with E-state index in [0.717, 1.165) is 42.3 Å². The summed E-state index contributed by atoms with van der Waals surface area (Å²) in [6.07, 6.45) is 1.79. The topological polar surface area (TPSA) is 49.3 Å². The van der Waals surface area contributed by atoms with E-state index in [2.05, 4.69) is 54.0 Å². The molecule has 5 nitrogen and oxygen atoms in total. The molecule has 0 saturated carbocycles. The van der Waals surface area contributed by atoms with Gasteiger partial charge in [-0.15, -0.1) is 0 Å². The van der Waals surface area contributed by atoms with Crippen LogP contribution < -0.4 is 4.90 Å². The van der Waals surface area contributed by atoms with Crippen molar-refractivity contribution >= 4 is 11.6 Å². The van der Waals surface area contributed by atoms with Crippen LogP contribution in [0.1, 0.15) is 36.6 Å². The van der Waals surface area contributed by atoms with Crippen molar-refractivity contribution in [2.75, 3.05) is 25.2 Å². The number of carbonyl (C=O) groups is 1. The van der Waals surface area contributed by atoms with Crippen molar-refractivity contribution < 1.29 is 4.79 Å². The monoisotopic (exact) mass is 366 g/mol. The Morgan fingerprint density at radius 1 is 1.19 bits per heavy atom. The molecule has 2 unspecified atom stereocenters. The van der Waals surface area contributed by atoms with Crippen LogP contribution in [-0.4, -0.2) is 41.0 Å². The molecule has 0 N–H and O–H groups in total. The molecule has 0 bridgehead atoms. The predicted molar refractivity (Wildman–Crippen MR) is 109 cm³/mol. The summed E-state index contributed by atoms with van der Waals surface area (Å²) in [4.78, 5) is 26.1. The highest BCUT2D eigenvalue weighted by molar-refractivity contribution is 5.96. The highest BCUT2D eigenvalue weighted by atomic mass is 16.2. The molecule has 2 aromatic rings. The Morgan fingerprint density at radius 3 is 2.67 bits per heavy atom.